The van der Waals surface area contributed by atoms with E-state index in [1.807, 2.05) is 0 Å². The van der Waals surface area contributed by atoms with Crippen LogP contribution in [0.15, 0.2) is 15.5 Å². The number of hydrogen-bond acceptors (Lipinski definition) is 4. The molecule has 1 aromatic rings. The second-order valence-corrected chi connectivity index (χ2v) is 6.60. The van der Waals surface area contributed by atoms with Gasteiger partial charge in [0.25, 0.3) is 12.0 Å². The summed E-state index contributed by atoms with van der Waals surface area (Å²) >= 11 is 2.95. The summed E-state index contributed by atoms with van der Waals surface area (Å²) < 4.78 is 64.8. The maximum Gasteiger partial charge on any atom is 0.418 e. The summed E-state index contributed by atoms with van der Waals surface area (Å²) in [6, 6.07) is -2.77. The zero-order valence-corrected chi connectivity index (χ0v) is 14.3. The fraction of sp³-hybridized carbons (Fsp3) is 0.692. The Morgan fingerprint density at radius 1 is 1.42 bits per heavy atom. The molecule has 3 atom stereocenters. The average molecular weight is 420 g/mol. The first-order valence-corrected chi connectivity index (χ1v) is 7.80. The van der Waals surface area contributed by atoms with Gasteiger partial charge in [0.05, 0.1) is 17.9 Å². The van der Waals surface area contributed by atoms with Gasteiger partial charge in [0.1, 0.15) is 10.5 Å². The Morgan fingerprint density at radius 2 is 2.00 bits per heavy atom. The number of rotatable bonds is 4. The Morgan fingerprint density at radius 3 is 2.42 bits per heavy atom. The number of halogens is 6. The summed E-state index contributed by atoms with van der Waals surface area (Å²) in [5.74, 6) is 0. The van der Waals surface area contributed by atoms with Crippen molar-refractivity contribution in [2.24, 2.45) is 0 Å². The predicted molar refractivity (Wildman–Crippen MR) is 79.3 cm³/mol. The Bertz CT molecular complexity index is 677. The minimum Gasteiger partial charge on any atom is -0.379 e. The Balaban J connectivity index is 2.38. The summed E-state index contributed by atoms with van der Waals surface area (Å²) in [6.07, 6.45) is -6.57. The van der Waals surface area contributed by atoms with Crippen molar-refractivity contribution >= 4 is 21.6 Å². The van der Waals surface area contributed by atoms with E-state index in [-0.39, 0.29) is 23.1 Å². The SMILES string of the molecule is CC(C(F)F)n1ncc(N2CC[C@@H]2[C@@](C)(O)C(F)(F)F)c(Br)c1=O. The first kappa shape index (κ1) is 19.1. The molecule has 0 aliphatic carbocycles. The van der Waals surface area contributed by atoms with Gasteiger partial charge in [-0.2, -0.15) is 18.3 Å². The van der Waals surface area contributed by atoms with Crippen LogP contribution in [0.5, 0.6) is 0 Å². The molecule has 0 amide bonds. The number of nitrogens with zero attached hydrogens (tertiary/aromatic N) is 3. The highest BCUT2D eigenvalue weighted by Gasteiger charge is 2.59. The van der Waals surface area contributed by atoms with Crippen molar-refractivity contribution in [2.75, 3.05) is 11.4 Å². The zero-order chi connectivity index (χ0) is 18.4. The Kier molecular flexibility index (Phi) is 4.97. The topological polar surface area (TPSA) is 58.4 Å². The quantitative estimate of drug-likeness (QED) is 0.762. The Hall–Kier alpha value is -1.23. The lowest BCUT2D eigenvalue weighted by Crippen LogP contribution is -2.66. The van der Waals surface area contributed by atoms with Gasteiger partial charge in [0.15, 0.2) is 5.60 Å². The summed E-state index contributed by atoms with van der Waals surface area (Å²) in [5.41, 5.74) is -3.83. The van der Waals surface area contributed by atoms with Crippen molar-refractivity contribution in [1.82, 2.24) is 9.78 Å². The minimum atomic E-state index is -4.85. The lowest BCUT2D eigenvalue weighted by molar-refractivity contribution is -0.264. The van der Waals surface area contributed by atoms with E-state index in [1.54, 1.807) is 0 Å². The van der Waals surface area contributed by atoms with Crippen molar-refractivity contribution in [3.8, 4) is 0 Å². The monoisotopic (exact) mass is 419 g/mol. The van der Waals surface area contributed by atoms with Crippen LogP contribution in [-0.2, 0) is 0 Å². The lowest BCUT2D eigenvalue weighted by atomic mass is 9.85. The van der Waals surface area contributed by atoms with E-state index >= 15 is 0 Å². The van der Waals surface area contributed by atoms with Gasteiger partial charge in [-0.25, -0.2) is 13.5 Å². The highest BCUT2D eigenvalue weighted by Crippen LogP contribution is 2.42. The molecule has 1 unspecified atom stereocenters. The van der Waals surface area contributed by atoms with Crippen LogP contribution in [0.25, 0.3) is 0 Å². The van der Waals surface area contributed by atoms with Gasteiger partial charge in [-0.3, -0.25) is 4.79 Å². The summed E-state index contributed by atoms with van der Waals surface area (Å²) in [4.78, 5) is 13.3. The van der Waals surface area contributed by atoms with E-state index in [2.05, 4.69) is 21.0 Å². The molecule has 1 saturated heterocycles. The second kappa shape index (κ2) is 6.25. The molecule has 0 spiro atoms. The van der Waals surface area contributed by atoms with Crippen LogP contribution in [0.1, 0.15) is 26.3 Å². The fourth-order valence-electron chi connectivity index (χ4n) is 2.48. The van der Waals surface area contributed by atoms with Gasteiger partial charge >= 0.3 is 6.18 Å². The average Bonchev–Trinajstić information content (AvgIpc) is 2.40. The van der Waals surface area contributed by atoms with Crippen molar-refractivity contribution in [1.29, 1.82) is 0 Å². The molecule has 136 valence electrons. The molecule has 1 aliphatic rings. The third kappa shape index (κ3) is 3.03. The largest absolute Gasteiger partial charge is 0.418 e. The van der Waals surface area contributed by atoms with Crippen LogP contribution >= 0.6 is 15.9 Å². The first-order chi connectivity index (χ1) is 10.9. The molecule has 2 rings (SSSR count). The van der Waals surface area contributed by atoms with Gasteiger partial charge in [-0.05, 0) is 36.2 Å². The van der Waals surface area contributed by atoms with Gasteiger partial charge in [-0.15, -0.1) is 0 Å². The fourth-order valence-corrected chi connectivity index (χ4v) is 2.99. The molecule has 1 aromatic heterocycles. The van der Waals surface area contributed by atoms with Gasteiger partial charge in [0, 0.05) is 6.54 Å². The van der Waals surface area contributed by atoms with Crippen molar-refractivity contribution < 1.29 is 27.1 Å². The van der Waals surface area contributed by atoms with Gasteiger partial charge in [-0.1, -0.05) is 0 Å². The molecule has 1 aliphatic heterocycles. The molecule has 2 heterocycles. The number of hydrogen-bond donors (Lipinski definition) is 1. The molecule has 0 aromatic carbocycles. The van der Waals surface area contributed by atoms with Crippen molar-refractivity contribution in [3.05, 3.63) is 21.0 Å². The highest BCUT2D eigenvalue weighted by atomic mass is 79.9. The van der Waals surface area contributed by atoms with Gasteiger partial charge < -0.3 is 10.0 Å². The van der Waals surface area contributed by atoms with Crippen LogP contribution in [0, 0.1) is 0 Å². The van der Waals surface area contributed by atoms with E-state index in [4.69, 9.17) is 0 Å². The summed E-state index contributed by atoms with van der Waals surface area (Å²) in [6.45, 7) is 1.93. The third-order valence-corrected chi connectivity index (χ3v) is 4.97. The number of alkyl halides is 5. The zero-order valence-electron chi connectivity index (χ0n) is 12.7. The van der Waals surface area contributed by atoms with E-state index in [0.29, 0.717) is 11.6 Å². The van der Waals surface area contributed by atoms with Crippen molar-refractivity contribution in [3.63, 3.8) is 0 Å². The molecule has 0 saturated carbocycles. The molecule has 5 nitrogen and oxygen atoms in total. The van der Waals surface area contributed by atoms with Crippen LogP contribution in [0.4, 0.5) is 27.6 Å². The van der Waals surface area contributed by atoms with Crippen LogP contribution in [0.2, 0.25) is 0 Å². The highest BCUT2D eigenvalue weighted by molar-refractivity contribution is 9.10. The molecule has 0 bridgehead atoms. The van der Waals surface area contributed by atoms with Crippen LogP contribution < -0.4 is 10.5 Å². The summed E-state index contributed by atoms with van der Waals surface area (Å²) in [7, 11) is 0. The maximum absolute atomic E-state index is 13.0. The van der Waals surface area contributed by atoms with E-state index in [9.17, 15) is 31.9 Å². The normalized spacial score (nSPS) is 22.2. The third-order valence-electron chi connectivity index (χ3n) is 4.23. The van der Waals surface area contributed by atoms with Crippen LogP contribution in [0.3, 0.4) is 0 Å². The molecule has 24 heavy (non-hydrogen) atoms. The standard InChI is InChI=1S/C13H15BrF5N3O2/c1-6(10(15)16)22-11(23)9(14)7(5-20-22)21-4-3-8(21)12(2,24)13(17,18)19/h5-6,8,10,24H,3-4H2,1-2H3/t6?,8-,12-/m1/s1. The Labute approximate surface area is 142 Å². The molecule has 1 N–H and O–H groups in total. The van der Waals surface area contributed by atoms with Gasteiger partial charge in [0.2, 0.25) is 0 Å². The first-order valence-electron chi connectivity index (χ1n) is 7.00. The lowest BCUT2D eigenvalue weighted by Gasteiger charge is -2.50. The van der Waals surface area contributed by atoms with E-state index in [1.165, 1.54) is 4.90 Å². The molecule has 0 radical (unpaired) electrons. The second-order valence-electron chi connectivity index (χ2n) is 5.81. The molecular weight excluding hydrogens is 405 g/mol. The predicted octanol–water partition coefficient (Wildman–Crippen LogP) is 2.72. The number of anilines is 1. The number of aromatic nitrogens is 2. The smallest absolute Gasteiger partial charge is 0.379 e. The van der Waals surface area contributed by atoms with Crippen molar-refractivity contribution in [2.45, 2.75) is 50.6 Å². The van der Waals surface area contributed by atoms with E-state index in [0.717, 1.165) is 13.1 Å². The maximum atomic E-state index is 13.0. The number of aliphatic hydroxyl groups is 1. The van der Waals surface area contributed by atoms with E-state index < -0.39 is 35.8 Å². The molecule has 11 heteroatoms. The van der Waals surface area contributed by atoms with Crippen LogP contribution in [-0.4, -0.2) is 45.7 Å². The summed E-state index contributed by atoms with van der Waals surface area (Å²) in [5, 5.41) is 13.4. The minimum absolute atomic E-state index is 0.0264. The molecule has 1 fully saturated rings. The molecular formula is C13H15BrF5N3O2.